The van der Waals surface area contributed by atoms with E-state index in [0.29, 0.717) is 13.2 Å². The number of aliphatic hydroxyl groups excluding tert-OH is 1. The number of aliphatic hydroxyl groups is 1. The van der Waals surface area contributed by atoms with Crippen molar-refractivity contribution in [2.75, 3.05) is 13.2 Å². The van der Waals surface area contributed by atoms with Crippen LogP contribution in [0.2, 0.25) is 0 Å². The number of hydrogen-bond donors (Lipinski definition) is 1. The highest BCUT2D eigenvalue weighted by atomic mass is 16.5. The molecule has 72 valence electrons. The smallest absolute Gasteiger partial charge is 0.0776 e. The Morgan fingerprint density at radius 2 is 2.08 bits per heavy atom. The molecule has 0 aromatic rings. The largest absolute Gasteiger partial charge is 0.391 e. The number of rotatable bonds is 5. The van der Waals surface area contributed by atoms with E-state index in [-0.39, 0.29) is 6.10 Å². The molecule has 0 aromatic carbocycles. The molecule has 1 aliphatic rings. The molecule has 2 nitrogen and oxygen atoms in total. The van der Waals surface area contributed by atoms with Gasteiger partial charge in [0.15, 0.2) is 0 Å². The van der Waals surface area contributed by atoms with Crippen LogP contribution in [-0.2, 0) is 4.74 Å². The van der Waals surface area contributed by atoms with Gasteiger partial charge < -0.3 is 9.84 Å². The predicted octanol–water partition coefficient (Wildman–Crippen LogP) is 1.96. The Bertz CT molecular complexity index is 108. The Kier molecular flexibility index (Phi) is 4.62. The van der Waals surface area contributed by atoms with E-state index in [1.807, 2.05) is 6.92 Å². The third kappa shape index (κ3) is 3.55. The molecule has 1 atom stereocenters. The molecule has 1 unspecified atom stereocenters. The van der Waals surface area contributed by atoms with Gasteiger partial charge in [0.1, 0.15) is 0 Å². The van der Waals surface area contributed by atoms with Crippen LogP contribution in [0.4, 0.5) is 0 Å². The predicted molar refractivity (Wildman–Crippen MR) is 49.1 cm³/mol. The standard InChI is InChI=1S/C10H20O2/c1-2-12-8-10(11)7-9-5-3-4-6-9/h9-11H,2-8H2,1H3. The van der Waals surface area contributed by atoms with Crippen LogP contribution in [0, 0.1) is 5.92 Å². The minimum absolute atomic E-state index is 0.229. The molecule has 1 rings (SSSR count). The van der Waals surface area contributed by atoms with Gasteiger partial charge in [0.2, 0.25) is 0 Å². The van der Waals surface area contributed by atoms with Crippen molar-refractivity contribution >= 4 is 0 Å². The van der Waals surface area contributed by atoms with E-state index < -0.39 is 0 Å². The molecular weight excluding hydrogens is 152 g/mol. The van der Waals surface area contributed by atoms with E-state index in [1.54, 1.807) is 0 Å². The fourth-order valence-corrected chi connectivity index (χ4v) is 1.95. The first-order valence-electron chi connectivity index (χ1n) is 5.08. The molecular formula is C10H20O2. The molecule has 0 heterocycles. The third-order valence-electron chi connectivity index (χ3n) is 2.59. The zero-order valence-electron chi connectivity index (χ0n) is 7.96. The van der Waals surface area contributed by atoms with Gasteiger partial charge in [-0.05, 0) is 19.3 Å². The Labute approximate surface area is 74.9 Å². The highest BCUT2D eigenvalue weighted by Crippen LogP contribution is 2.28. The fraction of sp³-hybridized carbons (Fsp3) is 1.00. The summed E-state index contributed by atoms with van der Waals surface area (Å²) < 4.78 is 5.16. The van der Waals surface area contributed by atoms with E-state index in [1.165, 1.54) is 25.7 Å². The summed E-state index contributed by atoms with van der Waals surface area (Å²) >= 11 is 0. The minimum atomic E-state index is -0.229. The lowest BCUT2D eigenvalue weighted by Crippen LogP contribution is -2.18. The van der Waals surface area contributed by atoms with Gasteiger partial charge in [0.05, 0.1) is 12.7 Å². The van der Waals surface area contributed by atoms with Gasteiger partial charge in [-0.15, -0.1) is 0 Å². The third-order valence-corrected chi connectivity index (χ3v) is 2.59. The molecule has 0 radical (unpaired) electrons. The Hall–Kier alpha value is -0.0800. The monoisotopic (exact) mass is 172 g/mol. The van der Waals surface area contributed by atoms with Gasteiger partial charge >= 0.3 is 0 Å². The summed E-state index contributed by atoms with van der Waals surface area (Å²) in [5.41, 5.74) is 0. The van der Waals surface area contributed by atoms with Crippen molar-refractivity contribution in [3.8, 4) is 0 Å². The van der Waals surface area contributed by atoms with Gasteiger partial charge in [0, 0.05) is 6.61 Å². The van der Waals surface area contributed by atoms with E-state index >= 15 is 0 Å². The van der Waals surface area contributed by atoms with Crippen molar-refractivity contribution < 1.29 is 9.84 Å². The van der Waals surface area contributed by atoms with E-state index in [4.69, 9.17) is 4.74 Å². The molecule has 1 N–H and O–H groups in total. The highest BCUT2D eigenvalue weighted by molar-refractivity contribution is 4.70. The second kappa shape index (κ2) is 5.55. The van der Waals surface area contributed by atoms with Gasteiger partial charge in [-0.25, -0.2) is 0 Å². The van der Waals surface area contributed by atoms with Gasteiger partial charge in [-0.2, -0.15) is 0 Å². The summed E-state index contributed by atoms with van der Waals surface area (Å²) in [6.45, 7) is 3.19. The molecule has 0 amide bonds. The molecule has 2 heteroatoms. The summed E-state index contributed by atoms with van der Waals surface area (Å²) in [7, 11) is 0. The Morgan fingerprint density at radius 3 is 2.67 bits per heavy atom. The molecule has 0 aliphatic heterocycles. The van der Waals surface area contributed by atoms with E-state index in [2.05, 4.69) is 0 Å². The maximum atomic E-state index is 9.52. The molecule has 0 bridgehead atoms. The first-order chi connectivity index (χ1) is 5.83. The quantitative estimate of drug-likeness (QED) is 0.687. The van der Waals surface area contributed by atoms with Crippen molar-refractivity contribution in [1.29, 1.82) is 0 Å². The zero-order chi connectivity index (χ0) is 8.81. The summed E-state index contributed by atoms with van der Waals surface area (Å²) in [6.07, 6.45) is 6.04. The van der Waals surface area contributed by atoms with Crippen LogP contribution in [-0.4, -0.2) is 24.4 Å². The van der Waals surface area contributed by atoms with E-state index in [0.717, 1.165) is 12.3 Å². The zero-order valence-corrected chi connectivity index (χ0v) is 7.96. The molecule has 1 aliphatic carbocycles. The first-order valence-corrected chi connectivity index (χ1v) is 5.08. The summed E-state index contributed by atoms with van der Waals surface area (Å²) in [4.78, 5) is 0. The fourth-order valence-electron chi connectivity index (χ4n) is 1.95. The lowest BCUT2D eigenvalue weighted by atomic mass is 10.0. The average Bonchev–Trinajstić information content (AvgIpc) is 2.53. The summed E-state index contributed by atoms with van der Waals surface area (Å²) in [5, 5.41) is 9.52. The minimum Gasteiger partial charge on any atom is -0.391 e. The van der Waals surface area contributed by atoms with Crippen molar-refractivity contribution in [2.45, 2.75) is 45.1 Å². The van der Waals surface area contributed by atoms with Crippen molar-refractivity contribution in [3.05, 3.63) is 0 Å². The highest BCUT2D eigenvalue weighted by Gasteiger charge is 2.18. The van der Waals surface area contributed by atoms with Gasteiger partial charge in [-0.3, -0.25) is 0 Å². The van der Waals surface area contributed by atoms with Crippen LogP contribution < -0.4 is 0 Å². The summed E-state index contributed by atoms with van der Waals surface area (Å²) in [6, 6.07) is 0. The molecule has 1 fully saturated rings. The molecule has 12 heavy (non-hydrogen) atoms. The molecule has 1 saturated carbocycles. The second-order valence-corrected chi connectivity index (χ2v) is 3.70. The van der Waals surface area contributed by atoms with Crippen LogP contribution in [0.3, 0.4) is 0 Å². The van der Waals surface area contributed by atoms with E-state index in [9.17, 15) is 5.11 Å². The number of hydrogen-bond acceptors (Lipinski definition) is 2. The lowest BCUT2D eigenvalue weighted by molar-refractivity contribution is 0.0296. The SMILES string of the molecule is CCOCC(O)CC1CCCC1. The molecule has 0 aromatic heterocycles. The van der Waals surface area contributed by atoms with Crippen LogP contribution in [0.25, 0.3) is 0 Å². The van der Waals surface area contributed by atoms with Gasteiger partial charge in [0.25, 0.3) is 0 Å². The van der Waals surface area contributed by atoms with Crippen LogP contribution in [0.1, 0.15) is 39.0 Å². The molecule has 0 saturated heterocycles. The van der Waals surface area contributed by atoms with Gasteiger partial charge in [-0.1, -0.05) is 25.7 Å². The Morgan fingerprint density at radius 1 is 1.42 bits per heavy atom. The van der Waals surface area contributed by atoms with Crippen molar-refractivity contribution in [3.63, 3.8) is 0 Å². The van der Waals surface area contributed by atoms with Crippen LogP contribution >= 0.6 is 0 Å². The van der Waals surface area contributed by atoms with Crippen LogP contribution in [0.5, 0.6) is 0 Å². The average molecular weight is 172 g/mol. The van der Waals surface area contributed by atoms with Crippen LogP contribution in [0.15, 0.2) is 0 Å². The molecule has 0 spiro atoms. The second-order valence-electron chi connectivity index (χ2n) is 3.70. The lowest BCUT2D eigenvalue weighted by Gasteiger charge is -2.14. The summed E-state index contributed by atoms with van der Waals surface area (Å²) in [5.74, 6) is 0.764. The normalized spacial score (nSPS) is 21.5. The maximum Gasteiger partial charge on any atom is 0.0776 e. The Balaban J connectivity index is 2.03. The topological polar surface area (TPSA) is 29.5 Å². The number of ether oxygens (including phenoxy) is 1. The van der Waals surface area contributed by atoms with Crippen molar-refractivity contribution in [1.82, 2.24) is 0 Å². The maximum absolute atomic E-state index is 9.52. The van der Waals surface area contributed by atoms with Crippen molar-refractivity contribution in [2.24, 2.45) is 5.92 Å². The first kappa shape index (κ1) is 10.0.